The van der Waals surface area contributed by atoms with Crippen LogP contribution in [-0.2, 0) is 10.2 Å². The zero-order valence-electron chi connectivity index (χ0n) is 19.6. The average Bonchev–Trinajstić information content (AvgIpc) is 3.19. The van der Waals surface area contributed by atoms with Gasteiger partial charge in [-0.25, -0.2) is 0 Å². The van der Waals surface area contributed by atoms with Crippen molar-refractivity contribution in [2.24, 2.45) is 0 Å². The Bertz CT molecular complexity index is 1220. The number of hydrogen-bond acceptors (Lipinski definition) is 5. The first-order chi connectivity index (χ1) is 15.8. The molecule has 5 heteroatoms. The Morgan fingerprint density at radius 2 is 1.94 bits per heavy atom. The summed E-state index contributed by atoms with van der Waals surface area (Å²) < 4.78 is 12.2. The number of rotatable bonds is 10. The Morgan fingerprint density at radius 1 is 1.15 bits per heavy atom. The molecule has 1 heterocycles. The van der Waals surface area contributed by atoms with Gasteiger partial charge in [0, 0.05) is 16.4 Å². The van der Waals surface area contributed by atoms with E-state index in [1.165, 1.54) is 0 Å². The van der Waals surface area contributed by atoms with Crippen molar-refractivity contribution in [1.29, 1.82) is 0 Å². The predicted octanol–water partition coefficient (Wildman–Crippen LogP) is 5.59. The molecular weight excluding hydrogens is 414 g/mol. The van der Waals surface area contributed by atoms with Crippen molar-refractivity contribution in [2.45, 2.75) is 45.4 Å². The highest BCUT2D eigenvalue weighted by molar-refractivity contribution is 6.19. The third-order valence-corrected chi connectivity index (χ3v) is 6.27. The molecule has 3 aromatic rings. The van der Waals surface area contributed by atoms with Crippen LogP contribution in [0.4, 0.5) is 0 Å². The number of ether oxygens (including phenoxy) is 1. The summed E-state index contributed by atoms with van der Waals surface area (Å²) in [7, 11) is 0. The summed E-state index contributed by atoms with van der Waals surface area (Å²) in [5.41, 5.74) is 3.75. The summed E-state index contributed by atoms with van der Waals surface area (Å²) in [4.78, 5) is 24.3. The van der Waals surface area contributed by atoms with Gasteiger partial charge in [-0.15, -0.1) is 0 Å². The van der Waals surface area contributed by atoms with Crippen LogP contribution in [0.5, 0.6) is 5.75 Å². The summed E-state index contributed by atoms with van der Waals surface area (Å²) in [6, 6.07) is 13.4. The fraction of sp³-hybridized carbons (Fsp3) is 0.357. The molecule has 0 unspecified atom stereocenters. The van der Waals surface area contributed by atoms with E-state index < -0.39 is 5.41 Å². The number of para-hydroxylation sites is 1. The lowest BCUT2D eigenvalue weighted by Gasteiger charge is -2.30. The van der Waals surface area contributed by atoms with E-state index in [1.807, 2.05) is 42.5 Å². The first-order valence-electron chi connectivity index (χ1n) is 11.5. The molecule has 1 N–H and O–H groups in total. The normalized spacial score (nSPS) is 14.1. The van der Waals surface area contributed by atoms with Gasteiger partial charge in [0.05, 0.1) is 18.7 Å². The van der Waals surface area contributed by atoms with Gasteiger partial charge in [0.2, 0.25) is 0 Å². The molecule has 0 saturated carbocycles. The number of ketones is 2. The van der Waals surface area contributed by atoms with Gasteiger partial charge in [-0.1, -0.05) is 30.4 Å². The van der Waals surface area contributed by atoms with Gasteiger partial charge < -0.3 is 14.5 Å². The van der Waals surface area contributed by atoms with Crippen molar-refractivity contribution < 1.29 is 18.7 Å². The second-order valence-electron chi connectivity index (χ2n) is 9.29. The van der Waals surface area contributed by atoms with Crippen molar-refractivity contribution in [3.63, 3.8) is 0 Å². The maximum Gasteiger partial charge on any atom is 0.197 e. The van der Waals surface area contributed by atoms with Crippen molar-refractivity contribution in [3.05, 3.63) is 77.1 Å². The Morgan fingerprint density at radius 3 is 2.73 bits per heavy atom. The summed E-state index contributed by atoms with van der Waals surface area (Å²) in [5, 5.41) is 3.98. The van der Waals surface area contributed by atoms with E-state index in [0.717, 1.165) is 53.7 Å². The average molecular weight is 446 g/mol. The number of nitrogens with one attached hydrogen (secondary N) is 1. The molecule has 5 nitrogen and oxygen atoms in total. The van der Waals surface area contributed by atoms with E-state index in [4.69, 9.17) is 9.15 Å². The van der Waals surface area contributed by atoms with Crippen molar-refractivity contribution in [1.82, 2.24) is 5.32 Å². The van der Waals surface area contributed by atoms with Crippen molar-refractivity contribution in [3.8, 4) is 5.75 Å². The minimum absolute atomic E-state index is 0.00510. The smallest absolute Gasteiger partial charge is 0.197 e. The van der Waals surface area contributed by atoms with Gasteiger partial charge in [0.15, 0.2) is 5.78 Å². The van der Waals surface area contributed by atoms with Crippen LogP contribution in [0.1, 0.15) is 67.3 Å². The standard InChI is InChI=1S/C28H31NO4/c1-18(13-14-29-17-19(2)30)8-7-15-32-20-11-12-21-23(16-20)28(3,4)27-25(26(21)31)22-9-5-6-10-24(22)33-27/h5-6,9-12,16,29H,1,7-8,13-15,17H2,2-4H3. The van der Waals surface area contributed by atoms with Crippen LogP contribution in [-0.4, -0.2) is 31.3 Å². The molecule has 2 aromatic carbocycles. The second kappa shape index (κ2) is 9.36. The first kappa shape index (κ1) is 23.0. The molecule has 0 saturated heterocycles. The van der Waals surface area contributed by atoms with Crippen LogP contribution >= 0.6 is 0 Å². The van der Waals surface area contributed by atoms with Gasteiger partial charge in [0.1, 0.15) is 22.9 Å². The third kappa shape index (κ3) is 4.64. The van der Waals surface area contributed by atoms with E-state index in [9.17, 15) is 9.59 Å². The highest BCUT2D eigenvalue weighted by atomic mass is 16.5. The van der Waals surface area contributed by atoms with Crippen LogP contribution in [0.25, 0.3) is 11.0 Å². The molecule has 0 aliphatic heterocycles. The first-order valence-corrected chi connectivity index (χ1v) is 11.5. The minimum atomic E-state index is -0.446. The van der Waals surface area contributed by atoms with E-state index in [1.54, 1.807) is 6.92 Å². The van der Waals surface area contributed by atoms with E-state index in [0.29, 0.717) is 30.0 Å². The lowest BCUT2D eigenvalue weighted by molar-refractivity contribution is -0.116. The Hall–Kier alpha value is -3.18. The molecule has 0 spiro atoms. The topological polar surface area (TPSA) is 68.5 Å². The molecule has 4 rings (SSSR count). The molecule has 33 heavy (non-hydrogen) atoms. The molecule has 172 valence electrons. The van der Waals surface area contributed by atoms with E-state index in [2.05, 4.69) is 25.7 Å². The van der Waals surface area contributed by atoms with E-state index in [-0.39, 0.29) is 11.6 Å². The summed E-state index contributed by atoms with van der Waals surface area (Å²) >= 11 is 0. The third-order valence-electron chi connectivity index (χ3n) is 6.27. The predicted molar refractivity (Wildman–Crippen MR) is 130 cm³/mol. The molecule has 0 amide bonds. The Balaban J connectivity index is 1.40. The lowest BCUT2D eigenvalue weighted by atomic mass is 9.72. The number of furan rings is 1. The molecule has 1 aliphatic rings. The van der Waals surface area contributed by atoms with Crippen LogP contribution in [0.2, 0.25) is 0 Å². The molecule has 1 aromatic heterocycles. The number of hydrogen-bond donors (Lipinski definition) is 1. The van der Waals surface area contributed by atoms with Crippen LogP contribution in [0.3, 0.4) is 0 Å². The van der Waals surface area contributed by atoms with Crippen LogP contribution in [0.15, 0.2) is 59.0 Å². The largest absolute Gasteiger partial charge is 0.494 e. The summed E-state index contributed by atoms with van der Waals surface area (Å²) in [6.45, 7) is 11.6. The van der Waals surface area contributed by atoms with E-state index >= 15 is 0 Å². The highest BCUT2D eigenvalue weighted by Crippen LogP contribution is 2.46. The summed E-state index contributed by atoms with van der Waals surface area (Å²) in [6.07, 6.45) is 2.58. The molecule has 1 aliphatic carbocycles. The molecule has 0 atom stereocenters. The molecule has 0 bridgehead atoms. The van der Waals surface area contributed by atoms with Crippen molar-refractivity contribution >= 4 is 22.5 Å². The van der Waals surface area contributed by atoms with Crippen molar-refractivity contribution in [2.75, 3.05) is 19.7 Å². The monoisotopic (exact) mass is 445 g/mol. The number of Topliss-reactive ketones (excluding diaryl/α,β-unsaturated/α-hetero) is 1. The molecule has 0 fully saturated rings. The van der Waals surface area contributed by atoms with Gasteiger partial charge in [0.25, 0.3) is 0 Å². The SMILES string of the molecule is C=C(CCCOc1ccc2c(c1)C(C)(C)c1oc3ccccc3c1C2=O)CCNCC(C)=O. The number of carbonyl (C=O) groups excluding carboxylic acids is 2. The fourth-order valence-electron chi connectivity index (χ4n) is 4.46. The van der Waals surface area contributed by atoms with Gasteiger partial charge in [-0.05, 0) is 76.4 Å². The minimum Gasteiger partial charge on any atom is -0.494 e. The quantitative estimate of drug-likeness (QED) is 0.326. The number of fused-ring (bicyclic) bond motifs is 4. The van der Waals surface area contributed by atoms with Crippen LogP contribution in [0, 0.1) is 0 Å². The maximum atomic E-state index is 13.3. The zero-order chi connectivity index (χ0) is 23.6. The van der Waals surface area contributed by atoms with Gasteiger partial charge >= 0.3 is 0 Å². The summed E-state index contributed by atoms with van der Waals surface area (Å²) in [5.74, 6) is 1.61. The second-order valence-corrected chi connectivity index (χ2v) is 9.29. The van der Waals surface area contributed by atoms with Crippen LogP contribution < -0.4 is 10.1 Å². The molecule has 0 radical (unpaired) electrons. The maximum absolute atomic E-state index is 13.3. The Labute approximate surface area is 194 Å². The zero-order valence-corrected chi connectivity index (χ0v) is 19.6. The lowest BCUT2D eigenvalue weighted by Crippen LogP contribution is -2.29. The number of benzene rings is 2. The highest BCUT2D eigenvalue weighted by Gasteiger charge is 2.41. The fourth-order valence-corrected chi connectivity index (χ4v) is 4.46. The number of carbonyl (C=O) groups is 2. The Kier molecular flexibility index (Phi) is 6.52. The van der Waals surface area contributed by atoms with Gasteiger partial charge in [-0.2, -0.15) is 0 Å². The molecular formula is C28H31NO4. The van der Waals surface area contributed by atoms with Gasteiger partial charge in [-0.3, -0.25) is 9.59 Å².